The summed E-state index contributed by atoms with van der Waals surface area (Å²) in [5.74, 6) is 0.354. The number of hydrogen-bond acceptors (Lipinski definition) is 2. The van der Waals surface area contributed by atoms with Gasteiger partial charge >= 0.3 is 0 Å². The molecular formula is C18H23NO. The Morgan fingerprint density at radius 1 is 0.900 bits per heavy atom. The van der Waals surface area contributed by atoms with E-state index in [0.29, 0.717) is 5.75 Å². The summed E-state index contributed by atoms with van der Waals surface area (Å²) in [5, 5.41) is 13.3. The number of nitrogens with one attached hydrogen (secondary N) is 1. The summed E-state index contributed by atoms with van der Waals surface area (Å²) >= 11 is 0. The quantitative estimate of drug-likeness (QED) is 0.784. The van der Waals surface area contributed by atoms with Crippen molar-refractivity contribution in [1.29, 1.82) is 0 Å². The molecule has 1 unspecified atom stereocenters. The molecule has 20 heavy (non-hydrogen) atoms. The van der Waals surface area contributed by atoms with Crippen molar-refractivity contribution >= 4 is 5.69 Å². The monoisotopic (exact) mass is 269 g/mol. The van der Waals surface area contributed by atoms with Gasteiger partial charge in [-0.05, 0) is 69.0 Å². The third kappa shape index (κ3) is 2.96. The van der Waals surface area contributed by atoms with E-state index in [0.717, 1.165) is 16.8 Å². The number of hydrogen-bond donors (Lipinski definition) is 2. The van der Waals surface area contributed by atoms with Crippen molar-refractivity contribution in [2.24, 2.45) is 0 Å². The highest BCUT2D eigenvalue weighted by atomic mass is 16.3. The van der Waals surface area contributed by atoms with Gasteiger partial charge in [-0.25, -0.2) is 0 Å². The van der Waals surface area contributed by atoms with Gasteiger partial charge in [-0.2, -0.15) is 0 Å². The molecular weight excluding hydrogens is 246 g/mol. The molecule has 2 aromatic carbocycles. The van der Waals surface area contributed by atoms with Crippen molar-refractivity contribution in [1.82, 2.24) is 0 Å². The molecule has 0 radical (unpaired) electrons. The molecule has 2 nitrogen and oxygen atoms in total. The lowest BCUT2D eigenvalue weighted by Crippen LogP contribution is -2.09. The number of benzene rings is 2. The Morgan fingerprint density at radius 2 is 1.60 bits per heavy atom. The smallest absolute Gasteiger partial charge is 0.118 e. The zero-order chi connectivity index (χ0) is 14.9. The molecule has 0 bridgehead atoms. The maximum absolute atomic E-state index is 9.73. The lowest BCUT2D eigenvalue weighted by atomic mass is 9.99. The van der Waals surface area contributed by atoms with E-state index in [1.807, 2.05) is 26.0 Å². The highest BCUT2D eigenvalue weighted by Gasteiger charge is 2.11. The van der Waals surface area contributed by atoms with E-state index in [-0.39, 0.29) is 6.04 Å². The SMILES string of the molecule is Cc1ccc(C)c(C(C)Nc2cc(C)c(O)cc2C)c1. The number of phenolic OH excluding ortho intramolecular Hbond substituents is 1. The first-order chi connectivity index (χ1) is 9.38. The molecule has 1 atom stereocenters. The first kappa shape index (κ1) is 14.4. The van der Waals surface area contributed by atoms with Crippen LogP contribution in [0.1, 0.15) is 40.8 Å². The van der Waals surface area contributed by atoms with Crippen molar-refractivity contribution in [3.63, 3.8) is 0 Å². The molecule has 2 N–H and O–H groups in total. The van der Waals surface area contributed by atoms with Crippen LogP contribution in [-0.2, 0) is 0 Å². The Bertz CT molecular complexity index is 632. The molecule has 0 aliphatic rings. The lowest BCUT2D eigenvalue weighted by molar-refractivity contribution is 0.470. The number of aromatic hydroxyl groups is 1. The second-order valence-corrected chi connectivity index (χ2v) is 5.68. The molecule has 0 aliphatic carbocycles. The average Bonchev–Trinajstić information content (AvgIpc) is 2.38. The van der Waals surface area contributed by atoms with E-state index in [4.69, 9.17) is 0 Å². The summed E-state index contributed by atoms with van der Waals surface area (Å²) in [4.78, 5) is 0. The van der Waals surface area contributed by atoms with Crippen molar-refractivity contribution in [2.75, 3.05) is 5.32 Å². The van der Waals surface area contributed by atoms with Crippen LogP contribution < -0.4 is 5.32 Å². The van der Waals surface area contributed by atoms with Gasteiger partial charge in [0.05, 0.1) is 0 Å². The Labute approximate surface area is 121 Å². The van der Waals surface area contributed by atoms with E-state index >= 15 is 0 Å². The standard InChI is InChI=1S/C18H23NO/c1-11-6-7-12(2)16(8-11)15(5)19-17-9-14(4)18(20)10-13(17)3/h6-10,15,19-20H,1-5H3. The van der Waals surface area contributed by atoms with Gasteiger partial charge in [0.2, 0.25) is 0 Å². The molecule has 2 rings (SSSR count). The summed E-state index contributed by atoms with van der Waals surface area (Å²) in [5.41, 5.74) is 6.92. The van der Waals surface area contributed by atoms with Crippen molar-refractivity contribution < 1.29 is 5.11 Å². The van der Waals surface area contributed by atoms with Crippen molar-refractivity contribution in [3.8, 4) is 5.75 Å². The molecule has 0 amide bonds. The zero-order valence-electron chi connectivity index (χ0n) is 12.9. The highest BCUT2D eigenvalue weighted by molar-refractivity contribution is 5.58. The van der Waals surface area contributed by atoms with Gasteiger partial charge in [0, 0.05) is 11.7 Å². The molecule has 106 valence electrons. The van der Waals surface area contributed by atoms with Crippen LogP contribution in [0.3, 0.4) is 0 Å². The van der Waals surface area contributed by atoms with Gasteiger partial charge < -0.3 is 10.4 Å². The van der Waals surface area contributed by atoms with Gasteiger partial charge in [-0.15, -0.1) is 0 Å². The minimum Gasteiger partial charge on any atom is -0.508 e. The van der Waals surface area contributed by atoms with E-state index in [1.165, 1.54) is 16.7 Å². The van der Waals surface area contributed by atoms with Crippen LogP contribution in [0.15, 0.2) is 30.3 Å². The lowest BCUT2D eigenvalue weighted by Gasteiger charge is -2.20. The third-order valence-corrected chi connectivity index (χ3v) is 3.82. The minimum absolute atomic E-state index is 0.234. The maximum Gasteiger partial charge on any atom is 0.118 e. The predicted molar refractivity (Wildman–Crippen MR) is 85.5 cm³/mol. The summed E-state index contributed by atoms with van der Waals surface area (Å²) in [6, 6.07) is 10.6. The topological polar surface area (TPSA) is 32.3 Å². The minimum atomic E-state index is 0.234. The van der Waals surface area contributed by atoms with E-state index in [9.17, 15) is 5.11 Å². The van der Waals surface area contributed by atoms with E-state index < -0.39 is 0 Å². The Hall–Kier alpha value is -1.96. The third-order valence-electron chi connectivity index (χ3n) is 3.82. The number of phenols is 1. The summed E-state index contributed by atoms with van der Waals surface area (Å²) in [7, 11) is 0. The van der Waals surface area contributed by atoms with Crippen LogP contribution in [0.4, 0.5) is 5.69 Å². The van der Waals surface area contributed by atoms with Gasteiger partial charge in [-0.3, -0.25) is 0 Å². The normalized spacial score (nSPS) is 12.2. The van der Waals surface area contributed by atoms with E-state index in [2.05, 4.69) is 44.3 Å². The second-order valence-electron chi connectivity index (χ2n) is 5.68. The van der Waals surface area contributed by atoms with Crippen LogP contribution in [0, 0.1) is 27.7 Å². The molecule has 0 saturated carbocycles. The first-order valence-electron chi connectivity index (χ1n) is 7.02. The van der Waals surface area contributed by atoms with E-state index in [1.54, 1.807) is 0 Å². The van der Waals surface area contributed by atoms with Crippen LogP contribution in [0.5, 0.6) is 5.75 Å². The van der Waals surface area contributed by atoms with Crippen molar-refractivity contribution in [3.05, 3.63) is 58.1 Å². The van der Waals surface area contributed by atoms with Gasteiger partial charge in [0.1, 0.15) is 5.75 Å². The first-order valence-corrected chi connectivity index (χ1v) is 7.02. The van der Waals surface area contributed by atoms with Crippen LogP contribution >= 0.6 is 0 Å². The largest absolute Gasteiger partial charge is 0.508 e. The fourth-order valence-corrected chi connectivity index (χ4v) is 2.49. The molecule has 2 heteroatoms. The Morgan fingerprint density at radius 3 is 2.30 bits per heavy atom. The predicted octanol–water partition coefficient (Wildman–Crippen LogP) is 4.80. The van der Waals surface area contributed by atoms with Gasteiger partial charge in [-0.1, -0.05) is 23.8 Å². The summed E-state index contributed by atoms with van der Waals surface area (Å²) in [6.07, 6.45) is 0. The summed E-state index contributed by atoms with van der Waals surface area (Å²) in [6.45, 7) is 10.4. The molecule has 0 spiro atoms. The summed E-state index contributed by atoms with van der Waals surface area (Å²) < 4.78 is 0. The number of aryl methyl sites for hydroxylation is 4. The molecule has 0 fully saturated rings. The fraction of sp³-hybridized carbons (Fsp3) is 0.333. The number of anilines is 1. The molecule has 2 aromatic rings. The average molecular weight is 269 g/mol. The Kier molecular flexibility index (Phi) is 4.03. The van der Waals surface area contributed by atoms with Crippen LogP contribution in [-0.4, -0.2) is 5.11 Å². The molecule has 0 saturated heterocycles. The Balaban J connectivity index is 2.30. The van der Waals surface area contributed by atoms with Gasteiger partial charge in [0.15, 0.2) is 0 Å². The van der Waals surface area contributed by atoms with Gasteiger partial charge in [0.25, 0.3) is 0 Å². The van der Waals surface area contributed by atoms with Crippen LogP contribution in [0.2, 0.25) is 0 Å². The maximum atomic E-state index is 9.73. The molecule has 0 heterocycles. The second kappa shape index (κ2) is 5.58. The fourth-order valence-electron chi connectivity index (χ4n) is 2.49. The highest BCUT2D eigenvalue weighted by Crippen LogP contribution is 2.29. The molecule has 0 aliphatic heterocycles. The number of rotatable bonds is 3. The molecule has 0 aromatic heterocycles. The zero-order valence-corrected chi connectivity index (χ0v) is 12.9. The van der Waals surface area contributed by atoms with Crippen molar-refractivity contribution in [2.45, 2.75) is 40.7 Å². The van der Waals surface area contributed by atoms with Crippen LogP contribution in [0.25, 0.3) is 0 Å².